The summed E-state index contributed by atoms with van der Waals surface area (Å²) in [5, 5.41) is 10.8. The average Bonchev–Trinajstić information content (AvgIpc) is 2.19. The lowest BCUT2D eigenvalue weighted by molar-refractivity contribution is -0.384. The van der Waals surface area contributed by atoms with Crippen LogP contribution in [-0.2, 0) is 0 Å². The number of nitro groups is 1. The van der Waals surface area contributed by atoms with Crippen molar-refractivity contribution >= 4 is 28.2 Å². The Balaban J connectivity index is 2.89. The molecule has 1 heterocycles. The highest BCUT2D eigenvalue weighted by atomic mass is 35.5. The first-order chi connectivity index (χ1) is 7.50. The van der Waals surface area contributed by atoms with E-state index >= 15 is 0 Å². The largest absolute Gasteiger partial charge is 0.306 e. The van der Waals surface area contributed by atoms with Crippen LogP contribution in [0.5, 0.6) is 0 Å². The van der Waals surface area contributed by atoms with Gasteiger partial charge in [0, 0.05) is 5.39 Å². The van der Waals surface area contributed by atoms with Crippen molar-refractivity contribution in [2.24, 2.45) is 0 Å². The van der Waals surface area contributed by atoms with Crippen LogP contribution in [0.15, 0.2) is 18.3 Å². The lowest BCUT2D eigenvalue weighted by Gasteiger charge is -2.03. The third-order valence-corrected chi connectivity index (χ3v) is 2.64. The molecule has 4 nitrogen and oxygen atoms in total. The molecule has 2 rings (SSSR count). The van der Waals surface area contributed by atoms with Crippen molar-refractivity contribution in [2.75, 3.05) is 0 Å². The van der Waals surface area contributed by atoms with Crippen LogP contribution in [0.4, 0.5) is 10.1 Å². The number of hydrogen-bond acceptors (Lipinski definition) is 3. The normalized spacial score (nSPS) is 10.7. The van der Waals surface area contributed by atoms with E-state index in [9.17, 15) is 14.5 Å². The Labute approximate surface area is 94.8 Å². The summed E-state index contributed by atoms with van der Waals surface area (Å²) in [7, 11) is 0. The minimum atomic E-state index is -0.644. The van der Waals surface area contributed by atoms with Crippen LogP contribution in [0.3, 0.4) is 0 Å². The van der Waals surface area contributed by atoms with Gasteiger partial charge in [0.25, 0.3) is 0 Å². The molecule has 0 bridgehead atoms. The van der Waals surface area contributed by atoms with Crippen molar-refractivity contribution in [1.82, 2.24) is 4.98 Å². The number of hydrogen-bond donors (Lipinski definition) is 0. The fraction of sp³-hybridized carbons (Fsp3) is 0.100. The molecular formula is C10H6ClFN2O2. The molecule has 16 heavy (non-hydrogen) atoms. The standard InChI is InChI=1S/C10H6ClFN2O2/c1-5-2-6(12)3-7-9(11)8(14(15)16)4-13-10(5)7/h2-4H,1H3. The summed E-state index contributed by atoms with van der Waals surface area (Å²) < 4.78 is 13.2. The molecule has 1 aromatic carbocycles. The van der Waals surface area contributed by atoms with Gasteiger partial charge in [0.05, 0.1) is 10.4 Å². The van der Waals surface area contributed by atoms with E-state index in [-0.39, 0.29) is 16.1 Å². The second-order valence-corrected chi connectivity index (χ2v) is 3.71. The second-order valence-electron chi connectivity index (χ2n) is 3.33. The Kier molecular flexibility index (Phi) is 2.47. The summed E-state index contributed by atoms with van der Waals surface area (Å²) >= 11 is 5.83. The SMILES string of the molecule is Cc1cc(F)cc2c(Cl)c([N+](=O)[O-])cnc12. The molecule has 2 aromatic rings. The summed E-state index contributed by atoms with van der Waals surface area (Å²) in [6.45, 7) is 1.67. The molecule has 82 valence electrons. The van der Waals surface area contributed by atoms with Crippen LogP contribution >= 0.6 is 11.6 Å². The summed E-state index contributed by atoms with van der Waals surface area (Å²) in [5.41, 5.74) is 0.739. The maximum absolute atomic E-state index is 13.2. The zero-order chi connectivity index (χ0) is 11.9. The van der Waals surface area contributed by atoms with Crippen LogP contribution in [-0.4, -0.2) is 9.91 Å². The predicted octanol–water partition coefficient (Wildman–Crippen LogP) is 3.24. The van der Waals surface area contributed by atoms with E-state index in [1.165, 1.54) is 6.07 Å². The van der Waals surface area contributed by atoms with Gasteiger partial charge in [-0.05, 0) is 24.6 Å². The van der Waals surface area contributed by atoms with Gasteiger partial charge in [0.2, 0.25) is 0 Å². The van der Waals surface area contributed by atoms with Gasteiger partial charge in [0.1, 0.15) is 17.0 Å². The molecular weight excluding hydrogens is 235 g/mol. The summed E-state index contributed by atoms with van der Waals surface area (Å²) in [6.07, 6.45) is 1.08. The van der Waals surface area contributed by atoms with Gasteiger partial charge in [-0.3, -0.25) is 10.1 Å². The van der Waals surface area contributed by atoms with E-state index in [1.807, 2.05) is 0 Å². The molecule has 0 atom stereocenters. The number of aryl methyl sites for hydroxylation is 1. The number of halogens is 2. The van der Waals surface area contributed by atoms with E-state index < -0.39 is 10.7 Å². The first kappa shape index (κ1) is 10.8. The summed E-state index contributed by atoms with van der Waals surface area (Å²) in [6, 6.07) is 2.45. The fourth-order valence-electron chi connectivity index (χ4n) is 1.52. The molecule has 0 fully saturated rings. The first-order valence-electron chi connectivity index (χ1n) is 4.39. The quantitative estimate of drug-likeness (QED) is 0.568. The maximum Gasteiger partial charge on any atom is 0.306 e. The Morgan fingerprint density at radius 3 is 2.81 bits per heavy atom. The molecule has 0 aliphatic rings. The van der Waals surface area contributed by atoms with E-state index in [2.05, 4.69) is 4.98 Å². The highest BCUT2D eigenvalue weighted by Gasteiger charge is 2.17. The van der Waals surface area contributed by atoms with E-state index in [0.717, 1.165) is 12.3 Å². The molecule has 0 saturated heterocycles. The number of rotatable bonds is 1. The van der Waals surface area contributed by atoms with Crippen molar-refractivity contribution in [3.8, 4) is 0 Å². The Hall–Kier alpha value is -1.75. The topological polar surface area (TPSA) is 56.0 Å². The zero-order valence-corrected chi connectivity index (χ0v) is 8.95. The molecule has 0 amide bonds. The van der Waals surface area contributed by atoms with Gasteiger partial charge < -0.3 is 0 Å². The molecule has 0 spiro atoms. The van der Waals surface area contributed by atoms with E-state index in [4.69, 9.17) is 11.6 Å². The summed E-state index contributed by atoms with van der Waals surface area (Å²) in [4.78, 5) is 13.9. The number of benzene rings is 1. The highest BCUT2D eigenvalue weighted by Crippen LogP contribution is 2.32. The van der Waals surface area contributed by atoms with E-state index in [1.54, 1.807) is 6.92 Å². The predicted molar refractivity (Wildman–Crippen MR) is 58.1 cm³/mol. The monoisotopic (exact) mass is 240 g/mol. The lowest BCUT2D eigenvalue weighted by atomic mass is 10.1. The highest BCUT2D eigenvalue weighted by molar-refractivity contribution is 6.37. The van der Waals surface area contributed by atoms with Crippen LogP contribution in [0.1, 0.15) is 5.56 Å². The Morgan fingerprint density at radius 1 is 1.50 bits per heavy atom. The fourth-order valence-corrected chi connectivity index (χ4v) is 1.78. The maximum atomic E-state index is 13.2. The van der Waals surface area contributed by atoms with Crippen molar-refractivity contribution in [3.63, 3.8) is 0 Å². The van der Waals surface area contributed by atoms with E-state index in [0.29, 0.717) is 11.1 Å². The molecule has 0 unspecified atom stereocenters. The van der Waals surface area contributed by atoms with Crippen LogP contribution in [0, 0.1) is 22.9 Å². The Bertz CT molecular complexity index is 601. The van der Waals surface area contributed by atoms with Crippen LogP contribution in [0.2, 0.25) is 5.02 Å². The molecule has 0 aliphatic heterocycles. The molecule has 0 saturated carbocycles. The third-order valence-electron chi connectivity index (χ3n) is 2.24. The van der Waals surface area contributed by atoms with Gasteiger partial charge in [-0.15, -0.1) is 0 Å². The second kappa shape index (κ2) is 3.68. The molecule has 0 radical (unpaired) electrons. The van der Waals surface area contributed by atoms with Gasteiger partial charge in [-0.1, -0.05) is 11.6 Å². The minimum absolute atomic E-state index is 0.0856. The van der Waals surface area contributed by atoms with Gasteiger partial charge in [-0.25, -0.2) is 9.37 Å². The zero-order valence-electron chi connectivity index (χ0n) is 8.20. The number of fused-ring (bicyclic) bond motifs is 1. The van der Waals surface area contributed by atoms with Gasteiger partial charge in [0.15, 0.2) is 0 Å². The number of aromatic nitrogens is 1. The van der Waals surface area contributed by atoms with Crippen LogP contribution in [0.25, 0.3) is 10.9 Å². The minimum Gasteiger partial charge on any atom is -0.258 e. The van der Waals surface area contributed by atoms with Crippen LogP contribution < -0.4 is 0 Å². The molecule has 1 aromatic heterocycles. The van der Waals surface area contributed by atoms with Crippen molar-refractivity contribution in [2.45, 2.75) is 6.92 Å². The van der Waals surface area contributed by atoms with Crippen molar-refractivity contribution in [1.29, 1.82) is 0 Å². The third kappa shape index (κ3) is 1.59. The van der Waals surface area contributed by atoms with Gasteiger partial charge in [-0.2, -0.15) is 0 Å². The number of nitrogens with zero attached hydrogens (tertiary/aromatic N) is 2. The lowest BCUT2D eigenvalue weighted by Crippen LogP contribution is -1.94. The molecule has 0 N–H and O–H groups in total. The molecule has 6 heteroatoms. The first-order valence-corrected chi connectivity index (χ1v) is 4.77. The Morgan fingerprint density at radius 2 is 2.19 bits per heavy atom. The smallest absolute Gasteiger partial charge is 0.258 e. The molecule has 0 aliphatic carbocycles. The number of pyridine rings is 1. The van der Waals surface area contributed by atoms with Crippen molar-refractivity contribution in [3.05, 3.63) is 44.8 Å². The summed E-state index contributed by atoms with van der Waals surface area (Å²) in [5.74, 6) is -0.491. The van der Waals surface area contributed by atoms with Crippen molar-refractivity contribution < 1.29 is 9.31 Å². The van der Waals surface area contributed by atoms with Gasteiger partial charge >= 0.3 is 5.69 Å². The average molecular weight is 241 g/mol.